The van der Waals surface area contributed by atoms with Crippen LogP contribution in [0.4, 0.5) is 0 Å². The number of halogens is 1. The van der Waals surface area contributed by atoms with Crippen LogP contribution in [-0.2, 0) is 0 Å². The van der Waals surface area contributed by atoms with Crippen molar-refractivity contribution >= 4 is 18.3 Å². The molecule has 7 heteroatoms. The third-order valence-electron chi connectivity index (χ3n) is 5.30. The van der Waals surface area contributed by atoms with Gasteiger partial charge in [0.1, 0.15) is 5.69 Å². The van der Waals surface area contributed by atoms with Crippen molar-refractivity contribution in [2.45, 2.75) is 45.1 Å². The summed E-state index contributed by atoms with van der Waals surface area (Å²) in [5.41, 5.74) is 0.535. The first-order chi connectivity index (χ1) is 11.7. The normalized spacial score (nSPS) is 22.4. The Balaban J connectivity index is 0.00000225. The maximum Gasteiger partial charge on any atom is 0.271 e. The lowest BCUT2D eigenvalue weighted by Gasteiger charge is -2.30. The first kappa shape index (κ1) is 20.2. The van der Waals surface area contributed by atoms with Gasteiger partial charge in [-0.3, -0.25) is 9.48 Å². The van der Waals surface area contributed by atoms with E-state index in [0.29, 0.717) is 11.7 Å². The minimum absolute atomic E-state index is 0. The first-order valence-corrected chi connectivity index (χ1v) is 9.49. The summed E-state index contributed by atoms with van der Waals surface area (Å²) in [7, 11) is 0. The summed E-state index contributed by atoms with van der Waals surface area (Å²) in [4.78, 5) is 14.7. The number of nitrogens with zero attached hydrogens (tertiary/aromatic N) is 3. The van der Waals surface area contributed by atoms with Crippen molar-refractivity contribution in [2.24, 2.45) is 5.92 Å². The summed E-state index contributed by atoms with van der Waals surface area (Å²) in [6.45, 7) is 8.57. The highest BCUT2D eigenvalue weighted by molar-refractivity contribution is 5.92. The van der Waals surface area contributed by atoms with Gasteiger partial charge < -0.3 is 15.5 Å². The fourth-order valence-electron chi connectivity index (χ4n) is 3.60. The monoisotopic (exact) mass is 369 g/mol. The van der Waals surface area contributed by atoms with Crippen LogP contribution in [0.15, 0.2) is 12.3 Å². The third kappa shape index (κ3) is 5.97. The molecule has 3 heterocycles. The Morgan fingerprint density at radius 2 is 2.16 bits per heavy atom. The number of carbonyl (C=O) groups is 1. The third-order valence-corrected chi connectivity index (χ3v) is 5.30. The van der Waals surface area contributed by atoms with Gasteiger partial charge in [0.2, 0.25) is 0 Å². The van der Waals surface area contributed by atoms with Crippen LogP contribution < -0.4 is 10.6 Å². The van der Waals surface area contributed by atoms with E-state index < -0.39 is 0 Å². The lowest BCUT2D eigenvalue weighted by Crippen LogP contribution is -2.35. The van der Waals surface area contributed by atoms with E-state index in [0.717, 1.165) is 44.9 Å². The maximum atomic E-state index is 12.2. The lowest BCUT2D eigenvalue weighted by atomic mass is 9.99. The Kier molecular flexibility index (Phi) is 8.19. The molecule has 0 saturated carbocycles. The van der Waals surface area contributed by atoms with E-state index in [4.69, 9.17) is 0 Å². The highest BCUT2D eigenvalue weighted by atomic mass is 35.5. The van der Waals surface area contributed by atoms with Gasteiger partial charge in [0.05, 0.1) is 6.04 Å². The van der Waals surface area contributed by atoms with E-state index in [1.54, 1.807) is 0 Å². The molecule has 0 aromatic carbocycles. The van der Waals surface area contributed by atoms with Gasteiger partial charge in [-0.15, -0.1) is 12.4 Å². The largest absolute Gasteiger partial charge is 0.351 e. The first-order valence-electron chi connectivity index (χ1n) is 9.49. The van der Waals surface area contributed by atoms with Crippen LogP contribution in [0.1, 0.15) is 55.6 Å². The molecule has 0 aliphatic carbocycles. The molecule has 2 aliphatic heterocycles. The van der Waals surface area contributed by atoms with E-state index in [-0.39, 0.29) is 18.3 Å². The summed E-state index contributed by atoms with van der Waals surface area (Å²) in [5, 5.41) is 10.9. The number of hydrogen-bond acceptors (Lipinski definition) is 4. The number of amides is 1. The maximum absolute atomic E-state index is 12.2. The van der Waals surface area contributed by atoms with Crippen molar-refractivity contribution in [3.63, 3.8) is 0 Å². The van der Waals surface area contributed by atoms with Crippen molar-refractivity contribution in [1.82, 2.24) is 25.3 Å². The van der Waals surface area contributed by atoms with Crippen LogP contribution >= 0.6 is 12.4 Å². The van der Waals surface area contributed by atoms with Crippen molar-refractivity contribution < 1.29 is 4.79 Å². The zero-order chi connectivity index (χ0) is 16.8. The molecule has 2 aliphatic rings. The Bertz CT molecular complexity index is 521. The molecule has 1 amide bonds. The Morgan fingerprint density at radius 3 is 2.88 bits per heavy atom. The zero-order valence-corrected chi connectivity index (χ0v) is 16.1. The topological polar surface area (TPSA) is 62.2 Å². The summed E-state index contributed by atoms with van der Waals surface area (Å²) in [5.74, 6) is 0.820. The van der Waals surface area contributed by atoms with Gasteiger partial charge in [0, 0.05) is 19.3 Å². The smallest absolute Gasteiger partial charge is 0.271 e. The molecule has 2 saturated heterocycles. The Labute approximate surface area is 157 Å². The highest BCUT2D eigenvalue weighted by Gasteiger charge is 2.18. The molecular formula is C18H32ClN5O. The molecule has 142 valence electrons. The van der Waals surface area contributed by atoms with Crippen LogP contribution in [0.5, 0.6) is 0 Å². The number of hydrogen-bond donors (Lipinski definition) is 2. The van der Waals surface area contributed by atoms with E-state index in [1.165, 1.54) is 32.4 Å². The molecule has 1 aromatic rings. The van der Waals surface area contributed by atoms with Crippen LogP contribution in [0.25, 0.3) is 0 Å². The average Bonchev–Trinajstić information content (AvgIpc) is 3.11. The number of nitrogens with one attached hydrogen (secondary N) is 2. The van der Waals surface area contributed by atoms with Gasteiger partial charge in [0.15, 0.2) is 0 Å². The van der Waals surface area contributed by atoms with E-state index in [1.807, 2.05) is 16.9 Å². The Morgan fingerprint density at radius 1 is 1.36 bits per heavy atom. The molecule has 1 atom stereocenters. The second-order valence-electron chi connectivity index (χ2n) is 7.31. The average molecular weight is 370 g/mol. The molecule has 25 heavy (non-hydrogen) atoms. The number of piperidine rings is 2. The summed E-state index contributed by atoms with van der Waals surface area (Å²) in [6, 6.07) is 2.21. The molecule has 6 nitrogen and oxygen atoms in total. The quantitative estimate of drug-likeness (QED) is 0.754. The van der Waals surface area contributed by atoms with Crippen molar-refractivity contribution in [3.05, 3.63) is 18.0 Å². The van der Waals surface area contributed by atoms with Gasteiger partial charge in [-0.05, 0) is 70.3 Å². The van der Waals surface area contributed by atoms with E-state index >= 15 is 0 Å². The molecule has 1 unspecified atom stereocenters. The highest BCUT2D eigenvalue weighted by Crippen LogP contribution is 2.16. The van der Waals surface area contributed by atoms with Crippen molar-refractivity contribution in [2.75, 3.05) is 39.3 Å². The molecule has 0 spiro atoms. The lowest BCUT2D eigenvalue weighted by molar-refractivity contribution is 0.0944. The van der Waals surface area contributed by atoms with Crippen LogP contribution in [-0.4, -0.2) is 59.9 Å². The molecule has 2 fully saturated rings. The van der Waals surface area contributed by atoms with Crippen molar-refractivity contribution in [1.29, 1.82) is 0 Å². The van der Waals surface area contributed by atoms with Crippen LogP contribution in [0.3, 0.4) is 0 Å². The summed E-state index contributed by atoms with van der Waals surface area (Å²) < 4.78 is 1.94. The van der Waals surface area contributed by atoms with Gasteiger partial charge in [-0.2, -0.15) is 5.10 Å². The predicted molar refractivity (Wildman–Crippen MR) is 102 cm³/mol. The second kappa shape index (κ2) is 10.1. The fourth-order valence-corrected chi connectivity index (χ4v) is 3.60. The summed E-state index contributed by atoms with van der Waals surface area (Å²) in [6.07, 6.45) is 7.85. The number of aromatic nitrogens is 2. The predicted octanol–water partition coefficient (Wildman–Crippen LogP) is 2.08. The molecule has 2 N–H and O–H groups in total. The fraction of sp³-hybridized carbons (Fsp3) is 0.778. The van der Waals surface area contributed by atoms with Gasteiger partial charge >= 0.3 is 0 Å². The number of rotatable bonds is 6. The van der Waals surface area contributed by atoms with Gasteiger partial charge in [0.25, 0.3) is 5.91 Å². The SMILES string of the molecule is CC1CCN(CCCNC(=O)c2ccn(C3CCCNC3)n2)CC1.Cl. The molecular weight excluding hydrogens is 338 g/mol. The summed E-state index contributed by atoms with van der Waals surface area (Å²) >= 11 is 0. The van der Waals surface area contributed by atoms with Crippen LogP contribution in [0.2, 0.25) is 0 Å². The number of likely N-dealkylation sites (tertiary alicyclic amines) is 1. The minimum Gasteiger partial charge on any atom is -0.351 e. The van der Waals surface area contributed by atoms with Gasteiger partial charge in [-0.25, -0.2) is 0 Å². The zero-order valence-electron chi connectivity index (χ0n) is 15.2. The van der Waals surface area contributed by atoms with E-state index in [9.17, 15) is 4.79 Å². The molecule has 0 bridgehead atoms. The molecule has 3 rings (SSSR count). The minimum atomic E-state index is -0.0511. The van der Waals surface area contributed by atoms with Crippen molar-refractivity contribution in [3.8, 4) is 0 Å². The van der Waals surface area contributed by atoms with E-state index in [2.05, 4.69) is 27.6 Å². The molecule has 0 radical (unpaired) electrons. The second-order valence-corrected chi connectivity index (χ2v) is 7.31. The molecule has 1 aromatic heterocycles. The standard InChI is InChI=1S/C18H31N5O.ClH/c1-15-5-11-22(12-6-15)10-3-9-20-18(24)17-7-13-23(21-17)16-4-2-8-19-14-16;/h7,13,15-16,19H,2-6,8-12,14H2,1H3,(H,20,24);1H. The Hall–Kier alpha value is -1.11. The van der Waals surface area contributed by atoms with Gasteiger partial charge in [-0.1, -0.05) is 6.92 Å². The van der Waals surface area contributed by atoms with Crippen LogP contribution in [0, 0.1) is 5.92 Å². The number of carbonyl (C=O) groups excluding carboxylic acids is 1.